The van der Waals surface area contributed by atoms with E-state index >= 15 is 0 Å². The van der Waals surface area contributed by atoms with Gasteiger partial charge < -0.3 is 30.6 Å². The number of aliphatic hydroxyl groups is 6. The molecule has 0 aliphatic heterocycles. The second-order valence-electron chi connectivity index (χ2n) is 17.0. The Balaban J connectivity index is 0. The molecule has 280 valence electrons. The molecule has 0 spiro atoms. The Labute approximate surface area is 287 Å². The van der Waals surface area contributed by atoms with Crippen LogP contribution in [0.5, 0.6) is 0 Å². The molecule has 0 aromatic carbocycles. The van der Waals surface area contributed by atoms with Crippen LogP contribution in [-0.4, -0.2) is 42.6 Å². The lowest BCUT2D eigenvalue weighted by atomic mass is 9.90. The molecular weight excluding hydrogens is 576 g/mol. The molecule has 0 heterocycles. The second-order valence-corrected chi connectivity index (χ2v) is 17.0. The summed E-state index contributed by atoms with van der Waals surface area (Å²) >= 11 is 0. The van der Waals surface area contributed by atoms with Gasteiger partial charge in [-0.3, -0.25) is 0 Å². The quantitative estimate of drug-likeness (QED) is 0.0465. The Morgan fingerprint density at radius 1 is 0.283 bits per heavy atom. The smallest absolute Gasteiger partial charge is 0.275 e. The normalized spacial score (nSPS) is 16.6. The molecule has 0 rings (SSSR count). The molecule has 6 atom stereocenters. The number of hydrogen-bond donors (Lipinski definition) is 6. The zero-order chi connectivity index (χ0) is 35.8. The molecule has 6 N–H and O–H groups in total. The van der Waals surface area contributed by atoms with Crippen LogP contribution in [0, 0.1) is 47.3 Å². The van der Waals surface area contributed by atoms with Crippen molar-refractivity contribution in [2.24, 2.45) is 47.3 Å². The topological polar surface area (TPSA) is 121 Å². The van der Waals surface area contributed by atoms with Crippen molar-refractivity contribution in [1.29, 1.82) is 0 Å². The van der Waals surface area contributed by atoms with Crippen molar-refractivity contribution in [3.05, 3.63) is 0 Å². The minimum absolute atomic E-state index is 0.0370. The summed E-state index contributed by atoms with van der Waals surface area (Å²) in [5.74, 6) is 0.133. The van der Waals surface area contributed by atoms with Gasteiger partial charge in [0.2, 0.25) is 0 Å². The van der Waals surface area contributed by atoms with Gasteiger partial charge in [0.1, 0.15) is 0 Å². The van der Waals surface area contributed by atoms with Crippen molar-refractivity contribution >= 4 is 0 Å². The van der Waals surface area contributed by atoms with Crippen LogP contribution in [0.2, 0.25) is 0 Å². The average Bonchev–Trinajstić information content (AvgIpc) is 2.86. The van der Waals surface area contributed by atoms with E-state index in [1.807, 2.05) is 13.8 Å². The van der Waals surface area contributed by atoms with Gasteiger partial charge in [-0.2, -0.15) is 0 Å². The zero-order valence-electron chi connectivity index (χ0n) is 32.4. The molecule has 0 aliphatic carbocycles. The molecule has 6 unspecified atom stereocenters. The van der Waals surface area contributed by atoms with E-state index in [0.29, 0.717) is 0 Å². The third-order valence-corrected chi connectivity index (χ3v) is 9.78. The van der Waals surface area contributed by atoms with Crippen LogP contribution in [0.1, 0.15) is 198 Å². The van der Waals surface area contributed by atoms with E-state index in [0.717, 1.165) is 61.2 Å². The molecule has 0 aromatic rings. The molecular formula is C40H84O6. The van der Waals surface area contributed by atoms with Gasteiger partial charge in [0.25, 0.3) is 11.9 Å². The molecule has 6 nitrogen and oxygen atoms in total. The maximum atomic E-state index is 8.97. The van der Waals surface area contributed by atoms with Crippen LogP contribution >= 0.6 is 0 Å². The Morgan fingerprint density at radius 2 is 0.457 bits per heavy atom. The van der Waals surface area contributed by atoms with Crippen LogP contribution < -0.4 is 0 Å². The van der Waals surface area contributed by atoms with Crippen LogP contribution in [0.25, 0.3) is 0 Å². The first-order valence-electron chi connectivity index (χ1n) is 19.5. The van der Waals surface area contributed by atoms with Gasteiger partial charge in [0, 0.05) is 12.8 Å². The van der Waals surface area contributed by atoms with E-state index in [-0.39, 0.29) is 24.7 Å². The highest BCUT2D eigenvalue weighted by Gasteiger charge is 2.22. The van der Waals surface area contributed by atoms with Gasteiger partial charge in [-0.15, -0.1) is 0 Å². The standard InChI is InChI=1S/2C20H42O3/c2*1-16(2)9-6-10-17(3)11-7-12-18(4)13-8-14-19(5)15-20(21,22)23/h2*16-19,21-23H,6-15H2,1-5H3. The Kier molecular flexibility index (Phi) is 28.7. The highest BCUT2D eigenvalue weighted by atomic mass is 16.7. The van der Waals surface area contributed by atoms with Crippen molar-refractivity contribution in [2.75, 3.05) is 0 Å². The minimum Gasteiger partial charge on any atom is -0.344 e. The number of hydrogen-bond acceptors (Lipinski definition) is 6. The fourth-order valence-electron chi connectivity index (χ4n) is 6.72. The highest BCUT2D eigenvalue weighted by molar-refractivity contribution is 4.64. The lowest BCUT2D eigenvalue weighted by Crippen LogP contribution is -2.29. The summed E-state index contributed by atoms with van der Waals surface area (Å²) in [6, 6.07) is 0. The Morgan fingerprint density at radius 3 is 0.630 bits per heavy atom. The average molecular weight is 661 g/mol. The molecule has 0 aliphatic rings. The fourth-order valence-corrected chi connectivity index (χ4v) is 6.72. The summed E-state index contributed by atoms with van der Waals surface area (Å²) in [5, 5.41) is 53.8. The first-order valence-corrected chi connectivity index (χ1v) is 19.5. The van der Waals surface area contributed by atoms with Gasteiger partial charge in [-0.05, 0) is 47.3 Å². The molecule has 0 radical (unpaired) electrons. The minimum atomic E-state index is -2.50. The summed E-state index contributed by atoms with van der Waals surface area (Å²) in [6.07, 6.45) is 22.7. The van der Waals surface area contributed by atoms with Crippen molar-refractivity contribution in [3.8, 4) is 0 Å². The lowest BCUT2D eigenvalue weighted by Gasteiger charge is -2.20. The zero-order valence-corrected chi connectivity index (χ0v) is 32.4. The molecule has 6 heteroatoms. The fraction of sp³-hybridized carbons (Fsp3) is 1.00. The summed E-state index contributed by atoms with van der Waals surface area (Å²) in [4.78, 5) is 0. The molecule has 0 aromatic heterocycles. The molecule has 0 bridgehead atoms. The number of rotatable bonds is 28. The van der Waals surface area contributed by atoms with Gasteiger partial charge in [-0.1, -0.05) is 185 Å². The van der Waals surface area contributed by atoms with E-state index < -0.39 is 11.9 Å². The lowest BCUT2D eigenvalue weighted by molar-refractivity contribution is -0.320. The molecule has 0 saturated carbocycles. The summed E-state index contributed by atoms with van der Waals surface area (Å²) < 4.78 is 0. The second kappa shape index (κ2) is 27.6. The van der Waals surface area contributed by atoms with Crippen LogP contribution in [0.4, 0.5) is 0 Å². The monoisotopic (exact) mass is 661 g/mol. The summed E-state index contributed by atoms with van der Waals surface area (Å²) in [5.41, 5.74) is 0. The first kappa shape index (κ1) is 47.9. The van der Waals surface area contributed by atoms with Crippen molar-refractivity contribution in [2.45, 2.75) is 210 Å². The van der Waals surface area contributed by atoms with Crippen LogP contribution in [0.3, 0.4) is 0 Å². The third-order valence-electron chi connectivity index (χ3n) is 9.78. The van der Waals surface area contributed by atoms with Gasteiger partial charge in [0.15, 0.2) is 0 Å². The Bertz CT molecular complexity index is 597. The molecule has 0 amide bonds. The Hall–Kier alpha value is -0.240. The van der Waals surface area contributed by atoms with Crippen molar-refractivity contribution < 1.29 is 30.6 Å². The molecule has 0 fully saturated rings. The predicted molar refractivity (Wildman–Crippen MR) is 196 cm³/mol. The first-order chi connectivity index (χ1) is 21.2. The van der Waals surface area contributed by atoms with Crippen LogP contribution in [0.15, 0.2) is 0 Å². The van der Waals surface area contributed by atoms with E-state index in [4.69, 9.17) is 30.6 Å². The SMILES string of the molecule is CC(C)CCCC(C)CCCC(C)CCCC(C)CC(O)(O)O.CC(C)CCCC(C)CCCC(C)CCCC(C)CC(O)(O)O. The third kappa shape index (κ3) is 38.2. The van der Waals surface area contributed by atoms with Gasteiger partial charge >= 0.3 is 0 Å². The van der Waals surface area contributed by atoms with E-state index in [2.05, 4.69) is 55.4 Å². The maximum absolute atomic E-state index is 8.97. The maximum Gasteiger partial charge on any atom is 0.275 e. The predicted octanol–water partition coefficient (Wildman–Crippen LogP) is 10.2. The largest absolute Gasteiger partial charge is 0.344 e. The highest BCUT2D eigenvalue weighted by Crippen LogP contribution is 2.25. The molecule has 0 saturated heterocycles. The van der Waals surface area contributed by atoms with Crippen molar-refractivity contribution in [3.63, 3.8) is 0 Å². The summed E-state index contributed by atoms with van der Waals surface area (Å²) in [7, 11) is 0. The van der Waals surface area contributed by atoms with E-state index in [9.17, 15) is 0 Å². The summed E-state index contributed by atoms with van der Waals surface area (Å²) in [6.45, 7) is 22.5. The molecule has 46 heavy (non-hydrogen) atoms. The van der Waals surface area contributed by atoms with Crippen molar-refractivity contribution in [1.82, 2.24) is 0 Å². The van der Waals surface area contributed by atoms with Gasteiger partial charge in [0.05, 0.1) is 0 Å². The van der Waals surface area contributed by atoms with Gasteiger partial charge in [-0.25, -0.2) is 0 Å². The van der Waals surface area contributed by atoms with E-state index in [1.165, 1.54) is 89.9 Å². The van der Waals surface area contributed by atoms with E-state index in [1.54, 1.807) is 0 Å². The van der Waals surface area contributed by atoms with Crippen LogP contribution in [-0.2, 0) is 0 Å².